The van der Waals surface area contributed by atoms with Crippen LogP contribution in [0.3, 0.4) is 0 Å². The molecular weight excluding hydrogens is 417 g/mol. The Balaban J connectivity index is 2.57. The summed E-state index contributed by atoms with van der Waals surface area (Å²) < 4.78 is 2.01. The van der Waals surface area contributed by atoms with E-state index >= 15 is 0 Å². The Morgan fingerprint density at radius 2 is 2.12 bits per heavy atom. The van der Waals surface area contributed by atoms with Crippen LogP contribution in [0.2, 0.25) is 0 Å². The molecule has 0 aliphatic rings. The van der Waals surface area contributed by atoms with Gasteiger partial charge < -0.3 is 10.8 Å². The normalized spacial score (nSPS) is 10.5. The van der Waals surface area contributed by atoms with Crippen molar-refractivity contribution in [3.05, 3.63) is 37.2 Å². The number of rotatable bonds is 2. The number of carboxylic acid groups (broad SMARTS) is 1. The van der Waals surface area contributed by atoms with Gasteiger partial charge in [-0.25, -0.2) is 4.79 Å². The summed E-state index contributed by atoms with van der Waals surface area (Å²) in [5.41, 5.74) is 6.99. The molecule has 3 nitrogen and oxygen atoms in total. The van der Waals surface area contributed by atoms with Crippen molar-refractivity contribution in [3.8, 4) is 10.4 Å². The molecule has 0 saturated carbocycles. The van der Waals surface area contributed by atoms with Crippen molar-refractivity contribution in [2.24, 2.45) is 0 Å². The predicted molar refractivity (Wildman–Crippen MR) is 81.5 cm³/mol. The second-order valence-corrected chi connectivity index (χ2v) is 6.45. The summed E-state index contributed by atoms with van der Waals surface area (Å²) in [4.78, 5) is 12.0. The van der Waals surface area contributed by atoms with Gasteiger partial charge in [-0.15, -0.1) is 11.3 Å². The van der Waals surface area contributed by atoms with Crippen LogP contribution in [0.1, 0.15) is 9.67 Å². The van der Waals surface area contributed by atoms with Crippen LogP contribution >= 0.6 is 49.9 Å². The molecule has 0 unspecified atom stereocenters. The molecule has 0 fully saturated rings. The number of hydrogen-bond acceptors (Lipinski definition) is 3. The summed E-state index contributed by atoms with van der Waals surface area (Å²) in [5.74, 6) is -0.983. The second-order valence-electron chi connectivity index (χ2n) is 3.32. The Labute approximate surface area is 124 Å². The van der Waals surface area contributed by atoms with Crippen LogP contribution < -0.4 is 5.73 Å². The van der Waals surface area contributed by atoms with Crippen LogP contribution in [0.25, 0.3) is 10.4 Å². The highest BCUT2D eigenvalue weighted by atomic mass is 127. The smallest absolute Gasteiger partial charge is 0.348 e. The Bertz CT molecular complexity index is 597. The molecule has 1 heterocycles. The van der Waals surface area contributed by atoms with Gasteiger partial charge in [0.2, 0.25) is 0 Å². The van der Waals surface area contributed by atoms with Crippen LogP contribution in [0.15, 0.2) is 28.7 Å². The van der Waals surface area contributed by atoms with E-state index in [2.05, 4.69) is 38.5 Å². The molecule has 2 rings (SSSR count). The monoisotopic (exact) mass is 423 g/mol. The van der Waals surface area contributed by atoms with E-state index in [0.29, 0.717) is 5.69 Å². The standard InChI is InChI=1S/C11H7BrINO2S/c12-5-1-2-7(13)6(3-5)9-4-8(14)10(17-9)11(15)16/h1-4H,14H2,(H,15,16). The first-order chi connectivity index (χ1) is 7.99. The maximum atomic E-state index is 10.9. The van der Waals surface area contributed by atoms with Gasteiger partial charge in [-0.3, -0.25) is 0 Å². The van der Waals surface area contributed by atoms with Gasteiger partial charge in [-0.1, -0.05) is 15.9 Å². The average molecular weight is 424 g/mol. The maximum Gasteiger partial charge on any atom is 0.348 e. The van der Waals surface area contributed by atoms with Gasteiger partial charge in [-0.05, 0) is 46.9 Å². The number of carbonyl (C=O) groups is 1. The minimum absolute atomic E-state index is 0.191. The van der Waals surface area contributed by atoms with Crippen molar-refractivity contribution in [2.45, 2.75) is 0 Å². The fourth-order valence-corrected chi connectivity index (χ4v) is 3.51. The van der Waals surface area contributed by atoms with Gasteiger partial charge in [0, 0.05) is 18.5 Å². The average Bonchev–Trinajstić information content (AvgIpc) is 2.64. The van der Waals surface area contributed by atoms with Crippen molar-refractivity contribution in [1.29, 1.82) is 0 Å². The fraction of sp³-hybridized carbons (Fsp3) is 0. The van der Waals surface area contributed by atoms with Crippen LogP contribution in [0.4, 0.5) is 5.69 Å². The maximum absolute atomic E-state index is 10.9. The van der Waals surface area contributed by atoms with Crippen molar-refractivity contribution in [3.63, 3.8) is 0 Å². The van der Waals surface area contributed by atoms with E-state index in [4.69, 9.17) is 10.8 Å². The van der Waals surface area contributed by atoms with Gasteiger partial charge in [0.15, 0.2) is 0 Å². The first-order valence-corrected chi connectivity index (χ1v) is 7.26. The quantitative estimate of drug-likeness (QED) is 0.716. The summed E-state index contributed by atoms with van der Waals surface area (Å²) in [6, 6.07) is 7.58. The predicted octanol–water partition coefficient (Wildman–Crippen LogP) is 4.06. The number of benzene rings is 1. The highest BCUT2D eigenvalue weighted by Gasteiger charge is 2.15. The molecule has 0 saturated heterocycles. The van der Waals surface area contributed by atoms with Gasteiger partial charge in [0.1, 0.15) is 4.88 Å². The summed E-state index contributed by atoms with van der Waals surface area (Å²) in [7, 11) is 0. The minimum Gasteiger partial charge on any atom is -0.477 e. The number of nitrogen functional groups attached to an aromatic ring is 1. The molecule has 1 aromatic carbocycles. The number of anilines is 1. The Kier molecular flexibility index (Phi) is 3.74. The topological polar surface area (TPSA) is 63.3 Å². The largest absolute Gasteiger partial charge is 0.477 e. The van der Waals surface area contributed by atoms with Crippen LogP contribution in [-0.4, -0.2) is 11.1 Å². The first kappa shape index (κ1) is 12.8. The zero-order chi connectivity index (χ0) is 12.6. The molecule has 2 aromatic rings. The minimum atomic E-state index is -0.983. The third-order valence-corrected chi connectivity index (χ3v) is 4.75. The lowest BCUT2D eigenvalue weighted by Crippen LogP contribution is -1.96. The number of hydrogen-bond donors (Lipinski definition) is 2. The van der Waals surface area contributed by atoms with Gasteiger partial charge in [-0.2, -0.15) is 0 Å². The van der Waals surface area contributed by atoms with E-state index < -0.39 is 5.97 Å². The molecule has 0 bridgehead atoms. The van der Waals surface area contributed by atoms with Crippen molar-refractivity contribution in [2.75, 3.05) is 5.73 Å². The molecular formula is C11H7BrINO2S. The summed E-state index contributed by atoms with van der Waals surface area (Å²) in [5, 5.41) is 8.97. The zero-order valence-electron chi connectivity index (χ0n) is 8.41. The van der Waals surface area contributed by atoms with E-state index in [1.54, 1.807) is 6.07 Å². The Morgan fingerprint density at radius 1 is 1.41 bits per heavy atom. The second kappa shape index (κ2) is 4.95. The molecule has 6 heteroatoms. The molecule has 0 aliphatic heterocycles. The van der Waals surface area contributed by atoms with Gasteiger partial charge in [0.25, 0.3) is 0 Å². The zero-order valence-corrected chi connectivity index (χ0v) is 13.0. The number of aromatic carboxylic acids is 1. The van der Waals surface area contributed by atoms with E-state index in [-0.39, 0.29) is 4.88 Å². The molecule has 3 N–H and O–H groups in total. The summed E-state index contributed by atoms with van der Waals surface area (Å²) >= 11 is 6.81. The lowest BCUT2D eigenvalue weighted by Gasteiger charge is -2.01. The lowest BCUT2D eigenvalue weighted by atomic mass is 10.2. The van der Waals surface area contributed by atoms with Crippen LogP contribution in [0.5, 0.6) is 0 Å². The van der Waals surface area contributed by atoms with Crippen LogP contribution in [-0.2, 0) is 0 Å². The third-order valence-electron chi connectivity index (χ3n) is 2.15. The Hall–Kier alpha value is -0.600. The molecule has 1 aromatic heterocycles. The lowest BCUT2D eigenvalue weighted by molar-refractivity contribution is 0.0703. The number of carboxylic acids is 1. The fourth-order valence-electron chi connectivity index (χ4n) is 1.39. The SMILES string of the molecule is Nc1cc(-c2cc(Br)ccc2I)sc1C(=O)O. The van der Waals surface area contributed by atoms with Gasteiger partial charge in [0.05, 0.1) is 5.69 Å². The van der Waals surface area contributed by atoms with E-state index in [0.717, 1.165) is 18.5 Å². The van der Waals surface area contributed by atoms with Crippen molar-refractivity contribution < 1.29 is 9.90 Å². The number of thiophene rings is 1. The number of halogens is 2. The number of nitrogens with two attached hydrogens (primary N) is 1. The first-order valence-electron chi connectivity index (χ1n) is 4.57. The van der Waals surface area contributed by atoms with Crippen molar-refractivity contribution in [1.82, 2.24) is 0 Å². The van der Waals surface area contributed by atoms with Crippen LogP contribution in [0, 0.1) is 3.57 Å². The molecule has 0 spiro atoms. The molecule has 0 radical (unpaired) electrons. The molecule has 0 atom stereocenters. The Morgan fingerprint density at radius 3 is 2.71 bits per heavy atom. The molecule has 88 valence electrons. The van der Waals surface area contributed by atoms with E-state index in [9.17, 15) is 4.79 Å². The summed E-state index contributed by atoms with van der Waals surface area (Å²) in [6.45, 7) is 0. The highest BCUT2D eigenvalue weighted by Crippen LogP contribution is 2.36. The molecule has 0 aliphatic carbocycles. The molecule has 17 heavy (non-hydrogen) atoms. The van der Waals surface area contributed by atoms with E-state index in [1.807, 2.05) is 18.2 Å². The van der Waals surface area contributed by atoms with Gasteiger partial charge >= 0.3 is 5.97 Å². The third kappa shape index (κ3) is 2.63. The summed E-state index contributed by atoms with van der Waals surface area (Å²) in [6.07, 6.45) is 0. The van der Waals surface area contributed by atoms with Crippen molar-refractivity contribution >= 4 is 61.5 Å². The molecule has 0 amide bonds. The highest BCUT2D eigenvalue weighted by molar-refractivity contribution is 14.1. The van der Waals surface area contributed by atoms with E-state index in [1.165, 1.54) is 11.3 Å².